The number of amides is 1. The molecule has 0 aliphatic carbocycles. The number of carbonyl (C=O) groups is 1. The highest BCUT2D eigenvalue weighted by atomic mass is 19.1. The van der Waals surface area contributed by atoms with Crippen molar-refractivity contribution >= 4 is 11.6 Å². The van der Waals surface area contributed by atoms with Gasteiger partial charge in [0.1, 0.15) is 5.82 Å². The number of halogens is 1. The smallest absolute Gasteiger partial charge is 0.227 e. The summed E-state index contributed by atoms with van der Waals surface area (Å²) in [5.74, 6) is -0.199. The van der Waals surface area contributed by atoms with Crippen molar-refractivity contribution < 1.29 is 9.18 Å². The molecular weight excluding hydrogens is 307 g/mol. The third kappa shape index (κ3) is 2.82. The number of hydrogen-bond acceptors (Lipinski definition) is 3. The Labute approximate surface area is 140 Å². The van der Waals surface area contributed by atoms with E-state index in [4.69, 9.17) is 0 Å². The van der Waals surface area contributed by atoms with E-state index in [1.165, 1.54) is 17.7 Å². The van der Waals surface area contributed by atoms with Crippen LogP contribution in [0.5, 0.6) is 0 Å². The quantitative estimate of drug-likeness (QED) is 0.867. The van der Waals surface area contributed by atoms with Crippen molar-refractivity contribution in [1.29, 1.82) is 0 Å². The second kappa shape index (κ2) is 5.70. The lowest BCUT2D eigenvalue weighted by Gasteiger charge is -2.24. The topological polar surface area (TPSA) is 41.4 Å². The number of aryl methyl sites for hydroxylation is 1. The number of nitrogens with zero attached hydrogens (tertiary/aromatic N) is 4. The van der Waals surface area contributed by atoms with Crippen molar-refractivity contribution in [3.63, 3.8) is 0 Å². The Kier molecular flexibility index (Phi) is 3.64. The van der Waals surface area contributed by atoms with E-state index in [9.17, 15) is 9.18 Å². The van der Waals surface area contributed by atoms with Crippen LogP contribution < -0.4 is 4.90 Å². The predicted molar refractivity (Wildman–Crippen MR) is 88.9 cm³/mol. The van der Waals surface area contributed by atoms with E-state index in [1.807, 2.05) is 30.2 Å². The average molecular weight is 328 g/mol. The highest BCUT2D eigenvalue weighted by Gasteiger charge is 2.47. The van der Waals surface area contributed by atoms with Crippen LogP contribution in [0.25, 0.3) is 0 Å². The Hall–Kier alpha value is -2.21. The fourth-order valence-electron chi connectivity index (χ4n) is 4.02. The summed E-state index contributed by atoms with van der Waals surface area (Å²) >= 11 is 0. The highest BCUT2D eigenvalue weighted by Crippen LogP contribution is 2.42. The Morgan fingerprint density at radius 2 is 2.21 bits per heavy atom. The summed E-state index contributed by atoms with van der Waals surface area (Å²) in [6.07, 6.45) is 5.48. The molecule has 5 nitrogen and oxygen atoms in total. The van der Waals surface area contributed by atoms with Crippen LogP contribution in [0, 0.1) is 11.2 Å². The van der Waals surface area contributed by atoms with E-state index >= 15 is 0 Å². The van der Waals surface area contributed by atoms with Gasteiger partial charge in [-0.1, -0.05) is 6.07 Å². The molecule has 3 heterocycles. The second-order valence-corrected chi connectivity index (χ2v) is 7.12. The summed E-state index contributed by atoms with van der Waals surface area (Å²) in [4.78, 5) is 16.6. The molecule has 2 aliphatic heterocycles. The van der Waals surface area contributed by atoms with Gasteiger partial charge in [0, 0.05) is 56.0 Å². The molecular formula is C18H21FN4O. The Morgan fingerprint density at radius 3 is 2.96 bits per heavy atom. The molecule has 1 spiro atoms. The van der Waals surface area contributed by atoms with Crippen LogP contribution in [0.3, 0.4) is 0 Å². The van der Waals surface area contributed by atoms with Gasteiger partial charge in [-0.2, -0.15) is 5.10 Å². The van der Waals surface area contributed by atoms with E-state index < -0.39 is 0 Å². The molecule has 4 rings (SSSR count). The molecule has 1 aromatic heterocycles. The lowest BCUT2D eigenvalue weighted by molar-refractivity contribution is -0.117. The normalized spacial score (nSPS) is 24.4. The molecule has 2 fully saturated rings. The molecule has 0 bridgehead atoms. The van der Waals surface area contributed by atoms with Crippen LogP contribution in [0.1, 0.15) is 18.4 Å². The van der Waals surface area contributed by atoms with Gasteiger partial charge in [0.15, 0.2) is 0 Å². The van der Waals surface area contributed by atoms with Crippen LogP contribution in [-0.2, 0) is 18.4 Å². The summed E-state index contributed by atoms with van der Waals surface area (Å²) in [6.45, 7) is 3.43. The van der Waals surface area contributed by atoms with Crippen LogP contribution in [0.2, 0.25) is 0 Å². The van der Waals surface area contributed by atoms with Crippen molar-refractivity contribution in [3.8, 4) is 0 Å². The number of anilines is 1. The van der Waals surface area contributed by atoms with Crippen molar-refractivity contribution in [3.05, 3.63) is 48.0 Å². The van der Waals surface area contributed by atoms with Gasteiger partial charge in [0.2, 0.25) is 5.91 Å². The van der Waals surface area contributed by atoms with E-state index in [-0.39, 0.29) is 17.1 Å². The third-order valence-electron chi connectivity index (χ3n) is 5.12. The zero-order valence-electron chi connectivity index (χ0n) is 13.8. The number of benzene rings is 1. The average Bonchev–Trinajstić information content (AvgIpc) is 3.21. The van der Waals surface area contributed by atoms with E-state index in [1.54, 1.807) is 11.0 Å². The molecule has 126 valence electrons. The van der Waals surface area contributed by atoms with Gasteiger partial charge in [-0.25, -0.2) is 4.39 Å². The molecule has 1 amide bonds. The van der Waals surface area contributed by atoms with E-state index in [0.29, 0.717) is 18.7 Å². The number of hydrogen-bond donors (Lipinski definition) is 0. The van der Waals surface area contributed by atoms with Gasteiger partial charge in [0.05, 0.1) is 6.20 Å². The lowest BCUT2D eigenvalue weighted by Crippen LogP contribution is -2.31. The van der Waals surface area contributed by atoms with Crippen LogP contribution in [-0.4, -0.2) is 40.2 Å². The fraction of sp³-hybridized carbons (Fsp3) is 0.444. The van der Waals surface area contributed by atoms with Crippen LogP contribution >= 0.6 is 0 Å². The first-order chi connectivity index (χ1) is 11.5. The van der Waals surface area contributed by atoms with Gasteiger partial charge in [0.25, 0.3) is 0 Å². The fourth-order valence-corrected chi connectivity index (χ4v) is 4.02. The first-order valence-corrected chi connectivity index (χ1v) is 8.29. The molecule has 0 radical (unpaired) electrons. The minimum atomic E-state index is -0.300. The molecule has 0 saturated carbocycles. The minimum Gasteiger partial charge on any atom is -0.312 e. The Bertz CT molecular complexity index is 774. The van der Waals surface area contributed by atoms with Crippen LogP contribution in [0.4, 0.5) is 10.1 Å². The largest absolute Gasteiger partial charge is 0.312 e. The highest BCUT2D eigenvalue weighted by molar-refractivity contribution is 5.96. The molecule has 2 saturated heterocycles. The van der Waals surface area contributed by atoms with Gasteiger partial charge in [-0.15, -0.1) is 0 Å². The first-order valence-electron chi connectivity index (χ1n) is 8.29. The SMILES string of the molecule is Cn1cc(CN2CCC3(CC(=O)N(c4cccc(F)c4)C3)C2)cn1. The van der Waals surface area contributed by atoms with Gasteiger partial charge >= 0.3 is 0 Å². The maximum Gasteiger partial charge on any atom is 0.227 e. The maximum absolute atomic E-state index is 13.5. The molecule has 1 unspecified atom stereocenters. The standard InChI is InChI=1S/C18H21FN4O/c1-21-10-14(9-20-21)11-22-6-5-18(12-22)8-17(24)23(13-18)16-4-2-3-15(19)7-16/h2-4,7,9-10H,5-6,8,11-13H2,1H3. The van der Waals surface area contributed by atoms with E-state index in [0.717, 1.165) is 26.1 Å². The van der Waals surface area contributed by atoms with Gasteiger partial charge in [-0.3, -0.25) is 14.4 Å². The zero-order chi connectivity index (χ0) is 16.7. The van der Waals surface area contributed by atoms with Crippen molar-refractivity contribution in [2.45, 2.75) is 19.4 Å². The van der Waals surface area contributed by atoms with Crippen molar-refractivity contribution in [2.24, 2.45) is 12.5 Å². The zero-order valence-corrected chi connectivity index (χ0v) is 13.8. The maximum atomic E-state index is 13.5. The first kappa shape index (κ1) is 15.3. The molecule has 2 aliphatic rings. The Morgan fingerprint density at radius 1 is 1.33 bits per heavy atom. The van der Waals surface area contributed by atoms with Crippen molar-refractivity contribution in [1.82, 2.24) is 14.7 Å². The van der Waals surface area contributed by atoms with Gasteiger partial charge < -0.3 is 4.90 Å². The molecule has 24 heavy (non-hydrogen) atoms. The Balaban J connectivity index is 1.46. The molecule has 1 atom stereocenters. The van der Waals surface area contributed by atoms with Crippen molar-refractivity contribution in [2.75, 3.05) is 24.5 Å². The van der Waals surface area contributed by atoms with Crippen LogP contribution in [0.15, 0.2) is 36.7 Å². The molecule has 6 heteroatoms. The lowest BCUT2D eigenvalue weighted by atomic mass is 9.86. The summed E-state index contributed by atoms with van der Waals surface area (Å²) in [7, 11) is 1.92. The van der Waals surface area contributed by atoms with Gasteiger partial charge in [-0.05, 0) is 31.2 Å². The third-order valence-corrected chi connectivity index (χ3v) is 5.12. The summed E-state index contributed by atoms with van der Waals surface area (Å²) in [6, 6.07) is 6.32. The number of carbonyl (C=O) groups excluding carboxylic acids is 1. The monoisotopic (exact) mass is 328 g/mol. The minimum absolute atomic E-state index is 0.00832. The summed E-state index contributed by atoms with van der Waals surface area (Å²) in [5.41, 5.74) is 1.86. The summed E-state index contributed by atoms with van der Waals surface area (Å²) in [5, 5.41) is 4.21. The molecule has 0 N–H and O–H groups in total. The molecule has 2 aromatic rings. The number of likely N-dealkylation sites (tertiary alicyclic amines) is 1. The predicted octanol–water partition coefficient (Wildman–Crippen LogP) is 2.19. The van der Waals surface area contributed by atoms with E-state index in [2.05, 4.69) is 10.00 Å². The molecule has 1 aromatic carbocycles. The summed E-state index contributed by atoms with van der Waals surface area (Å²) < 4.78 is 15.3. The number of aromatic nitrogens is 2. The number of rotatable bonds is 3. The second-order valence-electron chi connectivity index (χ2n) is 7.12.